The summed E-state index contributed by atoms with van der Waals surface area (Å²) < 4.78 is 1.02. The monoisotopic (exact) mass is 314 g/mol. The Morgan fingerprint density at radius 3 is 2.44 bits per heavy atom. The van der Waals surface area contributed by atoms with Crippen LogP contribution in [-0.2, 0) is 0 Å². The number of aliphatic hydroxyl groups is 1. The molecule has 3 nitrogen and oxygen atoms in total. The van der Waals surface area contributed by atoms with E-state index in [1.165, 1.54) is 0 Å². The maximum Gasteiger partial charge on any atom is 0.0765 e. The van der Waals surface area contributed by atoms with E-state index in [2.05, 4.69) is 39.9 Å². The zero-order valence-electron chi connectivity index (χ0n) is 11.6. The van der Waals surface area contributed by atoms with Crippen LogP contribution in [0.5, 0.6) is 0 Å². The standard InChI is InChI=1S/C14H23BrN2O/c1-5-17(9-14(3,4)18)11-6-7-12(10(2)16)13(15)8-11/h6-8,10,18H,5,9,16H2,1-4H3/t10-/m0/s1. The Labute approximate surface area is 118 Å². The summed E-state index contributed by atoms with van der Waals surface area (Å²) in [5.41, 5.74) is 7.37. The zero-order valence-corrected chi connectivity index (χ0v) is 13.2. The second-order valence-electron chi connectivity index (χ2n) is 5.32. The lowest BCUT2D eigenvalue weighted by Crippen LogP contribution is -2.38. The number of nitrogens with zero attached hydrogens (tertiary/aromatic N) is 1. The Kier molecular flexibility index (Phi) is 5.20. The molecule has 0 aromatic heterocycles. The number of benzene rings is 1. The van der Waals surface area contributed by atoms with Crippen molar-refractivity contribution >= 4 is 21.6 Å². The average molecular weight is 315 g/mol. The topological polar surface area (TPSA) is 49.5 Å². The van der Waals surface area contributed by atoms with Crippen LogP contribution in [0.25, 0.3) is 0 Å². The number of hydrogen-bond acceptors (Lipinski definition) is 3. The highest BCUT2D eigenvalue weighted by molar-refractivity contribution is 9.10. The Morgan fingerprint density at radius 2 is 2.06 bits per heavy atom. The van der Waals surface area contributed by atoms with Gasteiger partial charge in [-0.2, -0.15) is 0 Å². The summed E-state index contributed by atoms with van der Waals surface area (Å²) in [6.07, 6.45) is 0. The molecule has 0 heterocycles. The normalized spacial score (nSPS) is 13.5. The number of hydrogen-bond donors (Lipinski definition) is 2. The maximum atomic E-state index is 9.92. The van der Waals surface area contributed by atoms with Crippen LogP contribution >= 0.6 is 15.9 Å². The van der Waals surface area contributed by atoms with Gasteiger partial charge in [-0.1, -0.05) is 22.0 Å². The van der Waals surface area contributed by atoms with Crippen molar-refractivity contribution in [3.63, 3.8) is 0 Å². The Bertz CT molecular complexity index is 399. The molecule has 1 aromatic rings. The number of likely N-dealkylation sites (N-methyl/N-ethyl adjacent to an activating group) is 1. The second kappa shape index (κ2) is 6.04. The van der Waals surface area contributed by atoms with Crippen molar-refractivity contribution in [3.8, 4) is 0 Å². The van der Waals surface area contributed by atoms with Crippen molar-refractivity contribution in [1.82, 2.24) is 0 Å². The zero-order chi connectivity index (χ0) is 13.9. The van der Waals surface area contributed by atoms with Crippen molar-refractivity contribution in [2.45, 2.75) is 39.3 Å². The molecule has 0 amide bonds. The Morgan fingerprint density at radius 1 is 1.44 bits per heavy atom. The molecule has 1 rings (SSSR count). The number of anilines is 1. The molecule has 0 saturated carbocycles. The summed E-state index contributed by atoms with van der Waals surface area (Å²) in [5, 5.41) is 9.92. The molecule has 1 atom stereocenters. The van der Waals surface area contributed by atoms with Gasteiger partial charge in [0.15, 0.2) is 0 Å². The second-order valence-corrected chi connectivity index (χ2v) is 6.18. The minimum atomic E-state index is -0.706. The average Bonchev–Trinajstić information content (AvgIpc) is 2.24. The predicted octanol–water partition coefficient (Wildman–Crippen LogP) is 3.07. The molecular weight excluding hydrogens is 292 g/mol. The lowest BCUT2D eigenvalue weighted by molar-refractivity contribution is 0.0876. The van der Waals surface area contributed by atoms with Gasteiger partial charge in [0.25, 0.3) is 0 Å². The van der Waals surface area contributed by atoms with Crippen LogP contribution < -0.4 is 10.6 Å². The van der Waals surface area contributed by atoms with Crippen molar-refractivity contribution in [1.29, 1.82) is 0 Å². The van der Waals surface area contributed by atoms with Gasteiger partial charge in [-0.3, -0.25) is 0 Å². The molecule has 0 aliphatic carbocycles. The molecule has 0 fully saturated rings. The molecule has 0 radical (unpaired) electrons. The van der Waals surface area contributed by atoms with E-state index in [1.807, 2.05) is 26.8 Å². The van der Waals surface area contributed by atoms with E-state index in [-0.39, 0.29) is 6.04 Å². The highest BCUT2D eigenvalue weighted by atomic mass is 79.9. The fraction of sp³-hybridized carbons (Fsp3) is 0.571. The minimum absolute atomic E-state index is 0.0118. The molecule has 0 spiro atoms. The van der Waals surface area contributed by atoms with E-state index in [9.17, 15) is 5.11 Å². The van der Waals surface area contributed by atoms with Crippen LogP contribution in [0.2, 0.25) is 0 Å². The molecule has 102 valence electrons. The van der Waals surface area contributed by atoms with E-state index in [1.54, 1.807) is 0 Å². The van der Waals surface area contributed by atoms with Crippen LogP contribution in [0, 0.1) is 0 Å². The van der Waals surface area contributed by atoms with Crippen LogP contribution in [0.1, 0.15) is 39.3 Å². The number of rotatable bonds is 5. The predicted molar refractivity (Wildman–Crippen MR) is 80.9 cm³/mol. The summed E-state index contributed by atoms with van der Waals surface area (Å²) in [5.74, 6) is 0. The highest BCUT2D eigenvalue weighted by Gasteiger charge is 2.18. The third kappa shape index (κ3) is 4.26. The SMILES string of the molecule is CCN(CC(C)(C)O)c1ccc([C@H](C)N)c(Br)c1. The lowest BCUT2D eigenvalue weighted by atomic mass is 10.1. The number of halogens is 1. The first-order valence-corrected chi connectivity index (χ1v) is 7.06. The highest BCUT2D eigenvalue weighted by Crippen LogP contribution is 2.28. The summed E-state index contributed by atoms with van der Waals surface area (Å²) in [4.78, 5) is 2.15. The van der Waals surface area contributed by atoms with Gasteiger partial charge in [0.05, 0.1) is 5.60 Å². The first kappa shape index (κ1) is 15.5. The molecule has 1 aromatic carbocycles. The first-order chi connectivity index (χ1) is 8.24. The summed E-state index contributed by atoms with van der Waals surface area (Å²) in [7, 11) is 0. The van der Waals surface area contributed by atoms with Crippen molar-refractivity contribution in [2.75, 3.05) is 18.0 Å². The summed E-state index contributed by atoms with van der Waals surface area (Å²) in [6, 6.07) is 6.17. The van der Waals surface area contributed by atoms with E-state index in [4.69, 9.17) is 5.73 Å². The largest absolute Gasteiger partial charge is 0.389 e. The molecule has 0 aliphatic rings. The van der Waals surface area contributed by atoms with E-state index >= 15 is 0 Å². The molecule has 0 saturated heterocycles. The Hall–Kier alpha value is -0.580. The van der Waals surface area contributed by atoms with Gasteiger partial charge < -0.3 is 15.7 Å². The van der Waals surface area contributed by atoms with Gasteiger partial charge in [0.2, 0.25) is 0 Å². The smallest absolute Gasteiger partial charge is 0.0765 e. The van der Waals surface area contributed by atoms with Gasteiger partial charge in [-0.25, -0.2) is 0 Å². The maximum absolute atomic E-state index is 9.92. The van der Waals surface area contributed by atoms with E-state index in [0.29, 0.717) is 6.54 Å². The first-order valence-electron chi connectivity index (χ1n) is 6.27. The molecule has 0 aliphatic heterocycles. The fourth-order valence-electron chi connectivity index (χ4n) is 1.93. The third-order valence-corrected chi connectivity index (χ3v) is 3.49. The summed E-state index contributed by atoms with van der Waals surface area (Å²) in [6.45, 7) is 9.15. The molecule has 0 bridgehead atoms. The van der Waals surface area contributed by atoms with Gasteiger partial charge >= 0.3 is 0 Å². The van der Waals surface area contributed by atoms with E-state index in [0.717, 1.165) is 22.3 Å². The lowest BCUT2D eigenvalue weighted by Gasteiger charge is -2.30. The minimum Gasteiger partial charge on any atom is -0.389 e. The van der Waals surface area contributed by atoms with Crippen LogP contribution in [-0.4, -0.2) is 23.8 Å². The quantitative estimate of drug-likeness (QED) is 0.878. The van der Waals surface area contributed by atoms with Gasteiger partial charge in [-0.15, -0.1) is 0 Å². The van der Waals surface area contributed by atoms with E-state index < -0.39 is 5.60 Å². The van der Waals surface area contributed by atoms with Crippen LogP contribution in [0.4, 0.5) is 5.69 Å². The van der Waals surface area contributed by atoms with Crippen LogP contribution in [0.15, 0.2) is 22.7 Å². The Balaban J connectivity index is 2.98. The van der Waals surface area contributed by atoms with Crippen molar-refractivity contribution in [3.05, 3.63) is 28.2 Å². The third-order valence-electron chi connectivity index (χ3n) is 2.80. The van der Waals surface area contributed by atoms with Crippen molar-refractivity contribution in [2.24, 2.45) is 5.73 Å². The molecule has 4 heteroatoms. The molecule has 3 N–H and O–H groups in total. The van der Waals surface area contributed by atoms with Gasteiger partial charge in [-0.05, 0) is 45.4 Å². The summed E-state index contributed by atoms with van der Waals surface area (Å²) >= 11 is 3.56. The van der Waals surface area contributed by atoms with Gasteiger partial charge in [0.1, 0.15) is 0 Å². The fourth-order valence-corrected chi connectivity index (χ4v) is 2.66. The molecular formula is C14H23BrN2O. The van der Waals surface area contributed by atoms with Gasteiger partial charge in [0, 0.05) is 29.3 Å². The van der Waals surface area contributed by atoms with Crippen molar-refractivity contribution < 1.29 is 5.11 Å². The molecule has 18 heavy (non-hydrogen) atoms. The van der Waals surface area contributed by atoms with Crippen LogP contribution in [0.3, 0.4) is 0 Å². The molecule has 0 unspecified atom stereocenters. The number of nitrogens with two attached hydrogens (primary N) is 1.